The Morgan fingerprint density at radius 2 is 2.25 bits per heavy atom. The lowest BCUT2D eigenvalue weighted by Crippen LogP contribution is -2.37. The number of rotatable bonds is 4. The molecule has 0 aliphatic carbocycles. The fraction of sp³-hybridized carbons (Fsp3) is 0.294. The van der Waals surface area contributed by atoms with Gasteiger partial charge in [-0.15, -0.1) is 5.10 Å². The zero-order chi connectivity index (χ0) is 17.1. The molecule has 1 amide bonds. The molecule has 1 fully saturated rings. The number of likely N-dealkylation sites (tertiary alicyclic amines) is 1. The molecule has 0 unspecified atom stereocenters. The first-order valence-electron chi connectivity index (χ1n) is 7.64. The van der Waals surface area contributed by atoms with Crippen molar-refractivity contribution in [2.75, 3.05) is 25.0 Å². The van der Waals surface area contributed by atoms with Crippen LogP contribution in [0.15, 0.2) is 36.5 Å². The summed E-state index contributed by atoms with van der Waals surface area (Å²) in [6.45, 7) is 0.996. The van der Waals surface area contributed by atoms with E-state index in [1.165, 1.54) is 12.1 Å². The number of aromatic nitrogens is 2. The van der Waals surface area contributed by atoms with Gasteiger partial charge in [0.25, 0.3) is 5.91 Å². The van der Waals surface area contributed by atoms with E-state index in [0.717, 1.165) is 18.3 Å². The van der Waals surface area contributed by atoms with Crippen molar-refractivity contribution in [2.45, 2.75) is 12.5 Å². The van der Waals surface area contributed by atoms with E-state index in [1.54, 1.807) is 17.2 Å². The van der Waals surface area contributed by atoms with Gasteiger partial charge < -0.3 is 9.80 Å². The molecule has 124 valence electrons. The number of amides is 1. The molecule has 2 aromatic rings. The standard InChI is InChI=1S/C17H17FN4O2/c1-21(16-3-2-7-19-20-16)13-6-8-22(10-13)17(24)14-9-12(11-23)4-5-15(14)18/h2-5,7,9,11,13H,6,8,10H2,1H3/t13-/m1/s1. The van der Waals surface area contributed by atoms with E-state index >= 15 is 0 Å². The first-order chi connectivity index (χ1) is 11.6. The summed E-state index contributed by atoms with van der Waals surface area (Å²) >= 11 is 0. The summed E-state index contributed by atoms with van der Waals surface area (Å²) in [5, 5.41) is 7.92. The molecule has 24 heavy (non-hydrogen) atoms. The van der Waals surface area contributed by atoms with Gasteiger partial charge >= 0.3 is 0 Å². The Kier molecular flexibility index (Phi) is 4.50. The van der Waals surface area contributed by atoms with Crippen molar-refractivity contribution in [3.63, 3.8) is 0 Å². The third-order valence-corrected chi connectivity index (χ3v) is 4.27. The molecule has 1 aromatic carbocycles. The second-order valence-corrected chi connectivity index (χ2v) is 5.74. The van der Waals surface area contributed by atoms with Crippen LogP contribution >= 0.6 is 0 Å². The molecule has 7 heteroatoms. The third-order valence-electron chi connectivity index (χ3n) is 4.27. The van der Waals surface area contributed by atoms with Crippen molar-refractivity contribution in [1.82, 2.24) is 15.1 Å². The highest BCUT2D eigenvalue weighted by Gasteiger charge is 2.31. The average Bonchev–Trinajstić information content (AvgIpc) is 3.12. The Balaban J connectivity index is 1.74. The Labute approximate surface area is 138 Å². The van der Waals surface area contributed by atoms with E-state index in [2.05, 4.69) is 10.2 Å². The van der Waals surface area contributed by atoms with Crippen molar-refractivity contribution in [2.24, 2.45) is 0 Å². The number of hydrogen-bond acceptors (Lipinski definition) is 5. The van der Waals surface area contributed by atoms with Crippen molar-refractivity contribution in [3.8, 4) is 0 Å². The first-order valence-corrected chi connectivity index (χ1v) is 7.64. The van der Waals surface area contributed by atoms with Gasteiger partial charge in [0.05, 0.1) is 5.56 Å². The van der Waals surface area contributed by atoms with Crippen LogP contribution in [0, 0.1) is 5.82 Å². The average molecular weight is 328 g/mol. The van der Waals surface area contributed by atoms with Gasteiger partial charge in [0.1, 0.15) is 12.1 Å². The summed E-state index contributed by atoms with van der Waals surface area (Å²) < 4.78 is 13.9. The van der Waals surface area contributed by atoms with Crippen LogP contribution in [-0.4, -0.2) is 53.5 Å². The van der Waals surface area contributed by atoms with Gasteiger partial charge in [-0.2, -0.15) is 5.10 Å². The molecule has 0 bridgehead atoms. The first kappa shape index (κ1) is 16.0. The van der Waals surface area contributed by atoms with E-state index in [4.69, 9.17) is 0 Å². The Morgan fingerprint density at radius 3 is 2.96 bits per heavy atom. The molecule has 1 aromatic heterocycles. The minimum atomic E-state index is -0.615. The Hall–Kier alpha value is -2.83. The largest absolute Gasteiger partial charge is 0.353 e. The molecule has 1 atom stereocenters. The number of carbonyl (C=O) groups excluding carboxylic acids is 2. The number of nitrogens with zero attached hydrogens (tertiary/aromatic N) is 4. The number of likely N-dealkylation sites (N-methyl/N-ethyl adjacent to an activating group) is 1. The molecular weight excluding hydrogens is 311 g/mol. The highest BCUT2D eigenvalue weighted by atomic mass is 19.1. The van der Waals surface area contributed by atoms with Crippen LogP contribution in [0.4, 0.5) is 10.2 Å². The number of carbonyl (C=O) groups is 2. The lowest BCUT2D eigenvalue weighted by molar-refractivity contribution is 0.0786. The third kappa shape index (κ3) is 3.10. The maximum atomic E-state index is 13.9. The van der Waals surface area contributed by atoms with E-state index in [0.29, 0.717) is 19.4 Å². The van der Waals surface area contributed by atoms with Gasteiger partial charge in [-0.1, -0.05) is 0 Å². The number of aldehydes is 1. The molecule has 3 rings (SSSR count). The topological polar surface area (TPSA) is 66.4 Å². The number of halogens is 1. The number of benzene rings is 1. The maximum absolute atomic E-state index is 13.9. The van der Waals surface area contributed by atoms with Crippen molar-refractivity contribution in [1.29, 1.82) is 0 Å². The summed E-state index contributed by atoms with van der Waals surface area (Å²) in [6.07, 6.45) is 2.96. The van der Waals surface area contributed by atoms with Crippen LogP contribution < -0.4 is 4.90 Å². The van der Waals surface area contributed by atoms with Crippen LogP contribution in [0.2, 0.25) is 0 Å². The second kappa shape index (κ2) is 6.74. The maximum Gasteiger partial charge on any atom is 0.256 e. The second-order valence-electron chi connectivity index (χ2n) is 5.74. The van der Waals surface area contributed by atoms with Gasteiger partial charge in [-0.3, -0.25) is 9.59 Å². The molecule has 1 saturated heterocycles. The number of anilines is 1. The van der Waals surface area contributed by atoms with E-state index in [1.807, 2.05) is 18.0 Å². The van der Waals surface area contributed by atoms with Gasteiger partial charge in [-0.05, 0) is 36.8 Å². The fourth-order valence-electron chi connectivity index (χ4n) is 2.86. The van der Waals surface area contributed by atoms with Crippen molar-refractivity contribution < 1.29 is 14.0 Å². The lowest BCUT2D eigenvalue weighted by Gasteiger charge is -2.25. The minimum absolute atomic E-state index is 0.0672. The van der Waals surface area contributed by atoms with Crippen LogP contribution in [0.3, 0.4) is 0 Å². The molecule has 1 aliphatic rings. The molecule has 2 heterocycles. The van der Waals surface area contributed by atoms with Crippen molar-refractivity contribution >= 4 is 18.0 Å². The summed E-state index contributed by atoms with van der Waals surface area (Å²) in [4.78, 5) is 27.0. The van der Waals surface area contributed by atoms with Gasteiger partial charge in [0, 0.05) is 37.9 Å². The molecule has 0 spiro atoms. The summed E-state index contributed by atoms with van der Waals surface area (Å²) in [6, 6.07) is 7.54. The molecule has 6 nitrogen and oxygen atoms in total. The smallest absolute Gasteiger partial charge is 0.256 e. The monoisotopic (exact) mass is 328 g/mol. The molecule has 1 aliphatic heterocycles. The predicted octanol–water partition coefficient (Wildman–Crippen LogP) is 1.78. The number of hydrogen-bond donors (Lipinski definition) is 0. The molecular formula is C17H17FN4O2. The van der Waals surface area contributed by atoms with E-state index in [-0.39, 0.29) is 17.2 Å². The highest BCUT2D eigenvalue weighted by molar-refractivity contribution is 5.96. The van der Waals surface area contributed by atoms with Gasteiger partial charge in [0.15, 0.2) is 5.82 Å². The molecule has 0 saturated carbocycles. The predicted molar refractivity (Wildman–Crippen MR) is 86.5 cm³/mol. The van der Waals surface area contributed by atoms with Crippen LogP contribution in [0.25, 0.3) is 0 Å². The van der Waals surface area contributed by atoms with Gasteiger partial charge in [0.2, 0.25) is 0 Å². The zero-order valence-electron chi connectivity index (χ0n) is 13.2. The quantitative estimate of drug-likeness (QED) is 0.801. The fourth-order valence-corrected chi connectivity index (χ4v) is 2.86. The normalized spacial score (nSPS) is 16.9. The van der Waals surface area contributed by atoms with E-state index < -0.39 is 11.7 Å². The van der Waals surface area contributed by atoms with Crippen LogP contribution in [0.1, 0.15) is 27.1 Å². The van der Waals surface area contributed by atoms with Crippen molar-refractivity contribution in [3.05, 3.63) is 53.5 Å². The zero-order valence-corrected chi connectivity index (χ0v) is 13.2. The minimum Gasteiger partial charge on any atom is -0.353 e. The molecule has 0 radical (unpaired) electrons. The highest BCUT2D eigenvalue weighted by Crippen LogP contribution is 2.22. The van der Waals surface area contributed by atoms with Gasteiger partial charge in [-0.25, -0.2) is 4.39 Å². The molecule has 0 N–H and O–H groups in total. The van der Waals surface area contributed by atoms with E-state index in [9.17, 15) is 14.0 Å². The Bertz CT molecular complexity index is 754. The summed E-state index contributed by atoms with van der Waals surface area (Å²) in [5.74, 6) is -0.284. The Morgan fingerprint density at radius 1 is 1.42 bits per heavy atom. The summed E-state index contributed by atoms with van der Waals surface area (Å²) in [5.41, 5.74) is 0.217. The summed E-state index contributed by atoms with van der Waals surface area (Å²) in [7, 11) is 1.90. The van der Waals surface area contributed by atoms with Crippen LogP contribution in [-0.2, 0) is 0 Å². The van der Waals surface area contributed by atoms with Crippen LogP contribution in [0.5, 0.6) is 0 Å². The SMILES string of the molecule is CN(c1cccnn1)[C@@H]1CCN(C(=O)c2cc(C=O)ccc2F)C1. The lowest BCUT2D eigenvalue weighted by atomic mass is 10.1.